The minimum Gasteiger partial charge on any atom is -0.494 e. The lowest BCUT2D eigenvalue weighted by Gasteiger charge is -2.12. The van der Waals surface area contributed by atoms with E-state index in [1.54, 1.807) is 0 Å². The maximum atomic E-state index is 12.1. The Kier molecular flexibility index (Phi) is 6.92. The zero-order valence-corrected chi connectivity index (χ0v) is 16.5. The van der Waals surface area contributed by atoms with Gasteiger partial charge in [-0.2, -0.15) is 0 Å². The Balaban J connectivity index is 2.30. The van der Waals surface area contributed by atoms with Gasteiger partial charge in [0.15, 0.2) is 5.88 Å². The standard InChI is InChI=1S/C20H26N4O4/c1-11(2)9-21-15-7-13(17(25)23-19(15)27)5-6-14-8-16(22-10-12(3)4)20(28)24-18(14)26/h5-8,11-12,21H,9-10H2,1-4H3,(H2,23,25,27)(H,24,26,28)/b6-5+,22-16?. The number of carbonyl (C=O) groups excluding carboxylic acids is 2. The van der Waals surface area contributed by atoms with Crippen molar-refractivity contribution in [3.05, 3.63) is 39.7 Å². The van der Waals surface area contributed by atoms with Crippen molar-refractivity contribution >= 4 is 29.3 Å². The van der Waals surface area contributed by atoms with E-state index < -0.39 is 17.4 Å². The van der Waals surface area contributed by atoms with Gasteiger partial charge in [-0.05, 0) is 36.1 Å². The number of aromatic hydroxyl groups is 1. The fourth-order valence-electron chi connectivity index (χ4n) is 2.33. The van der Waals surface area contributed by atoms with Crippen molar-refractivity contribution in [1.82, 2.24) is 10.3 Å². The maximum absolute atomic E-state index is 12.1. The second-order valence-electron chi connectivity index (χ2n) is 7.43. The molecule has 0 fully saturated rings. The average Bonchev–Trinajstić information content (AvgIpc) is 2.60. The lowest BCUT2D eigenvalue weighted by Crippen LogP contribution is -2.40. The zero-order valence-electron chi connectivity index (χ0n) is 16.5. The number of imide groups is 1. The van der Waals surface area contributed by atoms with Gasteiger partial charge in [-0.15, -0.1) is 0 Å². The summed E-state index contributed by atoms with van der Waals surface area (Å²) in [6.07, 6.45) is 4.38. The third-order valence-corrected chi connectivity index (χ3v) is 3.83. The van der Waals surface area contributed by atoms with Gasteiger partial charge in [0.2, 0.25) is 0 Å². The van der Waals surface area contributed by atoms with Crippen LogP contribution in [0.1, 0.15) is 33.3 Å². The average molecular weight is 386 g/mol. The molecule has 0 atom stereocenters. The Bertz CT molecular complexity index is 907. The highest BCUT2D eigenvalue weighted by Gasteiger charge is 2.22. The first kappa shape index (κ1) is 21.1. The van der Waals surface area contributed by atoms with Crippen LogP contribution < -0.4 is 16.2 Å². The monoisotopic (exact) mass is 386 g/mol. The molecule has 0 aromatic carbocycles. The highest BCUT2D eigenvalue weighted by Crippen LogP contribution is 2.18. The van der Waals surface area contributed by atoms with Gasteiger partial charge >= 0.3 is 0 Å². The number of aliphatic imine (C=N–C) groups is 1. The molecular formula is C20H26N4O4. The number of H-pyrrole nitrogens is 1. The van der Waals surface area contributed by atoms with E-state index in [1.807, 2.05) is 27.7 Å². The summed E-state index contributed by atoms with van der Waals surface area (Å²) in [6, 6.07) is 1.51. The van der Waals surface area contributed by atoms with Crippen LogP contribution in [0.25, 0.3) is 6.08 Å². The predicted octanol–water partition coefficient (Wildman–Crippen LogP) is 1.84. The Morgan fingerprint density at radius 2 is 1.82 bits per heavy atom. The van der Waals surface area contributed by atoms with E-state index in [0.717, 1.165) is 0 Å². The SMILES string of the molecule is CC(C)CN=C1C=C(/C=C/c2cc(NCC(C)C)c(=O)[nH]c2O)C(=O)NC1=O. The molecule has 2 rings (SSSR count). The predicted molar refractivity (Wildman–Crippen MR) is 109 cm³/mol. The molecule has 0 saturated heterocycles. The molecule has 0 unspecified atom stereocenters. The number of nitrogens with zero attached hydrogens (tertiary/aromatic N) is 1. The lowest BCUT2D eigenvalue weighted by molar-refractivity contribution is -0.125. The first-order valence-corrected chi connectivity index (χ1v) is 9.17. The highest BCUT2D eigenvalue weighted by molar-refractivity contribution is 6.49. The Labute approximate surface area is 163 Å². The number of nitrogens with one attached hydrogen (secondary N) is 3. The highest BCUT2D eigenvalue weighted by atomic mass is 16.3. The van der Waals surface area contributed by atoms with E-state index in [2.05, 4.69) is 20.6 Å². The number of anilines is 1. The molecule has 0 aliphatic carbocycles. The number of hydrogen-bond donors (Lipinski definition) is 4. The number of hydrogen-bond acceptors (Lipinski definition) is 6. The van der Waals surface area contributed by atoms with Gasteiger partial charge in [-0.3, -0.25) is 29.7 Å². The van der Waals surface area contributed by atoms with Crippen LogP contribution in [0.2, 0.25) is 0 Å². The summed E-state index contributed by atoms with van der Waals surface area (Å²) >= 11 is 0. The number of rotatable bonds is 7. The van der Waals surface area contributed by atoms with Crippen molar-refractivity contribution in [3.63, 3.8) is 0 Å². The van der Waals surface area contributed by atoms with E-state index in [0.29, 0.717) is 30.3 Å². The molecule has 8 nitrogen and oxygen atoms in total. The fourth-order valence-corrected chi connectivity index (χ4v) is 2.33. The Morgan fingerprint density at radius 1 is 1.11 bits per heavy atom. The van der Waals surface area contributed by atoms with E-state index in [9.17, 15) is 19.5 Å². The molecule has 1 aromatic heterocycles. The number of aromatic amines is 1. The summed E-state index contributed by atoms with van der Waals surface area (Å²) in [5, 5.41) is 15.3. The molecule has 150 valence electrons. The normalized spacial score (nSPS) is 16.2. The summed E-state index contributed by atoms with van der Waals surface area (Å²) in [7, 11) is 0. The van der Waals surface area contributed by atoms with Crippen LogP contribution >= 0.6 is 0 Å². The zero-order chi connectivity index (χ0) is 20.8. The van der Waals surface area contributed by atoms with Crippen molar-refractivity contribution in [2.45, 2.75) is 27.7 Å². The Morgan fingerprint density at radius 3 is 2.46 bits per heavy atom. The minimum absolute atomic E-state index is 0.179. The second-order valence-corrected chi connectivity index (χ2v) is 7.43. The molecule has 0 spiro atoms. The number of pyridine rings is 1. The van der Waals surface area contributed by atoms with Crippen molar-refractivity contribution < 1.29 is 14.7 Å². The van der Waals surface area contributed by atoms with E-state index in [-0.39, 0.29) is 23.1 Å². The topological polar surface area (TPSA) is 124 Å². The first-order valence-electron chi connectivity index (χ1n) is 9.17. The number of aromatic nitrogens is 1. The van der Waals surface area contributed by atoms with Crippen LogP contribution in [-0.4, -0.2) is 40.7 Å². The molecule has 1 aliphatic heterocycles. The maximum Gasteiger partial charge on any atom is 0.276 e. The number of amides is 2. The van der Waals surface area contributed by atoms with Crippen LogP contribution in [0.3, 0.4) is 0 Å². The summed E-state index contributed by atoms with van der Waals surface area (Å²) in [6.45, 7) is 9.04. The van der Waals surface area contributed by atoms with Gasteiger partial charge in [0, 0.05) is 24.2 Å². The van der Waals surface area contributed by atoms with Crippen LogP contribution in [0.5, 0.6) is 5.88 Å². The molecule has 0 bridgehead atoms. The van der Waals surface area contributed by atoms with Gasteiger partial charge in [-0.1, -0.05) is 27.7 Å². The molecular weight excluding hydrogens is 360 g/mol. The third kappa shape index (κ3) is 5.67. The van der Waals surface area contributed by atoms with Gasteiger partial charge < -0.3 is 10.4 Å². The van der Waals surface area contributed by atoms with Gasteiger partial charge in [0.25, 0.3) is 17.4 Å². The van der Waals surface area contributed by atoms with Crippen molar-refractivity contribution in [2.24, 2.45) is 16.8 Å². The third-order valence-electron chi connectivity index (χ3n) is 3.83. The van der Waals surface area contributed by atoms with Crippen LogP contribution in [-0.2, 0) is 9.59 Å². The molecule has 0 radical (unpaired) electrons. The molecule has 2 heterocycles. The van der Waals surface area contributed by atoms with E-state index in [1.165, 1.54) is 24.3 Å². The van der Waals surface area contributed by atoms with Crippen molar-refractivity contribution in [3.8, 4) is 5.88 Å². The smallest absolute Gasteiger partial charge is 0.276 e. The van der Waals surface area contributed by atoms with Crippen LogP contribution in [0, 0.1) is 11.8 Å². The van der Waals surface area contributed by atoms with Crippen molar-refractivity contribution in [2.75, 3.05) is 18.4 Å². The summed E-state index contributed by atoms with van der Waals surface area (Å²) in [4.78, 5) is 42.5. The first-order chi connectivity index (χ1) is 13.2. The van der Waals surface area contributed by atoms with Gasteiger partial charge in [0.1, 0.15) is 11.4 Å². The second kappa shape index (κ2) is 9.16. The molecule has 1 aromatic rings. The number of carbonyl (C=O) groups is 2. The quantitative estimate of drug-likeness (QED) is 0.533. The molecule has 28 heavy (non-hydrogen) atoms. The van der Waals surface area contributed by atoms with Crippen LogP contribution in [0.15, 0.2) is 33.6 Å². The largest absolute Gasteiger partial charge is 0.494 e. The summed E-state index contributed by atoms with van der Waals surface area (Å²) in [5.41, 5.74) is 0.626. The lowest BCUT2D eigenvalue weighted by atomic mass is 10.1. The van der Waals surface area contributed by atoms with E-state index >= 15 is 0 Å². The van der Waals surface area contributed by atoms with Gasteiger partial charge in [-0.25, -0.2) is 0 Å². The van der Waals surface area contributed by atoms with Crippen LogP contribution in [0.4, 0.5) is 5.69 Å². The molecule has 4 N–H and O–H groups in total. The molecule has 0 saturated carbocycles. The molecule has 8 heteroatoms. The fraction of sp³-hybridized carbons (Fsp3) is 0.400. The Hall–Kier alpha value is -3.16. The van der Waals surface area contributed by atoms with E-state index in [4.69, 9.17) is 0 Å². The molecule has 2 amide bonds. The summed E-state index contributed by atoms with van der Waals surface area (Å²) < 4.78 is 0. The minimum atomic E-state index is -0.549. The van der Waals surface area contributed by atoms with Crippen molar-refractivity contribution in [1.29, 1.82) is 0 Å². The van der Waals surface area contributed by atoms with Gasteiger partial charge in [0.05, 0.1) is 0 Å². The summed E-state index contributed by atoms with van der Waals surface area (Å²) in [5.74, 6) is -0.774. The molecule has 1 aliphatic rings.